The van der Waals surface area contributed by atoms with Gasteiger partial charge < -0.3 is 4.74 Å². The lowest BCUT2D eigenvalue weighted by atomic mass is 10.1. The second-order valence-corrected chi connectivity index (χ2v) is 3.58. The zero-order valence-corrected chi connectivity index (χ0v) is 9.17. The van der Waals surface area contributed by atoms with E-state index >= 15 is 0 Å². The van der Waals surface area contributed by atoms with Crippen LogP contribution in [0, 0.1) is 0 Å². The van der Waals surface area contributed by atoms with Crippen LogP contribution in [0.1, 0.15) is 12.5 Å². The zero-order chi connectivity index (χ0) is 11.6. The van der Waals surface area contributed by atoms with Crippen LogP contribution < -0.4 is 4.74 Å². The fourth-order valence-electron chi connectivity index (χ4n) is 1.11. The zero-order valence-electron chi connectivity index (χ0n) is 7.66. The summed E-state index contributed by atoms with van der Waals surface area (Å²) in [6.45, 7) is 1.80. The monoisotopic (exact) mass is 258 g/mol. The Morgan fingerprint density at radius 2 is 1.67 bits per heavy atom. The van der Waals surface area contributed by atoms with Gasteiger partial charge in [-0.25, -0.2) is 0 Å². The molecule has 0 heterocycles. The van der Waals surface area contributed by atoms with E-state index in [0.717, 1.165) is 12.1 Å². The van der Waals surface area contributed by atoms with Gasteiger partial charge in [-0.2, -0.15) is 0 Å². The van der Waals surface area contributed by atoms with E-state index in [1.165, 1.54) is 0 Å². The molecular weight excluding hydrogens is 252 g/mol. The second kappa shape index (κ2) is 4.49. The first-order valence-corrected chi connectivity index (χ1v) is 4.82. The van der Waals surface area contributed by atoms with Crippen LogP contribution in [0.4, 0.5) is 13.2 Å². The molecular formula is C9H7Cl2F3O. The van der Waals surface area contributed by atoms with Crippen molar-refractivity contribution in [3.8, 4) is 5.75 Å². The maximum Gasteiger partial charge on any atom is 0.573 e. The molecule has 0 N–H and O–H groups in total. The number of hydrogen-bond acceptors (Lipinski definition) is 1. The van der Waals surface area contributed by atoms with Crippen LogP contribution in [-0.2, 0) is 6.42 Å². The Kier molecular flexibility index (Phi) is 3.73. The quantitative estimate of drug-likeness (QED) is 0.762. The standard InChI is InChI=1S/C9H7Cl2F3O/c1-2-6-7(10)3-5(4-8(6)11)15-9(12,13)14/h3-4H,2H2,1H3. The van der Waals surface area contributed by atoms with E-state index in [0.29, 0.717) is 12.0 Å². The van der Waals surface area contributed by atoms with E-state index in [-0.39, 0.29) is 10.0 Å². The summed E-state index contributed by atoms with van der Waals surface area (Å²) in [5, 5.41) is 0.341. The molecule has 0 spiro atoms. The lowest BCUT2D eigenvalue weighted by Gasteiger charge is -2.11. The van der Waals surface area contributed by atoms with E-state index in [1.807, 2.05) is 0 Å². The van der Waals surface area contributed by atoms with Crippen molar-refractivity contribution in [1.82, 2.24) is 0 Å². The minimum Gasteiger partial charge on any atom is -0.406 e. The minimum absolute atomic E-state index is 0.171. The van der Waals surface area contributed by atoms with Gasteiger partial charge in [-0.1, -0.05) is 30.1 Å². The number of ether oxygens (including phenoxy) is 1. The first-order chi connectivity index (χ1) is 6.83. The summed E-state index contributed by atoms with van der Waals surface area (Å²) < 4.78 is 39.3. The number of halogens is 5. The van der Waals surface area contributed by atoms with Crippen molar-refractivity contribution in [2.24, 2.45) is 0 Å². The highest BCUT2D eigenvalue weighted by atomic mass is 35.5. The topological polar surface area (TPSA) is 9.23 Å². The molecule has 0 atom stereocenters. The molecule has 84 valence electrons. The summed E-state index contributed by atoms with van der Waals surface area (Å²) in [6.07, 6.45) is -4.19. The number of benzene rings is 1. The molecule has 1 nitrogen and oxygen atoms in total. The van der Waals surface area contributed by atoms with E-state index in [2.05, 4.69) is 4.74 Å². The van der Waals surface area contributed by atoms with Crippen molar-refractivity contribution in [3.05, 3.63) is 27.7 Å². The molecule has 0 aliphatic rings. The number of hydrogen-bond donors (Lipinski definition) is 0. The van der Waals surface area contributed by atoms with Crippen LogP contribution >= 0.6 is 23.2 Å². The van der Waals surface area contributed by atoms with Crippen molar-refractivity contribution in [2.75, 3.05) is 0 Å². The van der Waals surface area contributed by atoms with Gasteiger partial charge in [-0.05, 0) is 24.1 Å². The predicted octanol–water partition coefficient (Wildman–Crippen LogP) is 4.45. The summed E-state index contributed by atoms with van der Waals surface area (Å²) in [7, 11) is 0. The molecule has 0 amide bonds. The molecule has 0 aliphatic heterocycles. The number of alkyl halides is 3. The maximum atomic E-state index is 11.9. The van der Waals surface area contributed by atoms with Crippen LogP contribution in [0.15, 0.2) is 12.1 Å². The van der Waals surface area contributed by atoms with Crippen LogP contribution in [-0.4, -0.2) is 6.36 Å². The highest BCUT2D eigenvalue weighted by Gasteiger charge is 2.31. The van der Waals surface area contributed by atoms with Gasteiger partial charge in [-0.3, -0.25) is 0 Å². The molecule has 15 heavy (non-hydrogen) atoms. The van der Waals surface area contributed by atoms with Crippen LogP contribution in [0.2, 0.25) is 10.0 Å². The fourth-order valence-corrected chi connectivity index (χ4v) is 1.84. The number of rotatable bonds is 2. The van der Waals surface area contributed by atoms with Gasteiger partial charge in [0.1, 0.15) is 5.75 Å². The highest BCUT2D eigenvalue weighted by molar-refractivity contribution is 6.36. The lowest BCUT2D eigenvalue weighted by Crippen LogP contribution is -2.17. The SMILES string of the molecule is CCc1c(Cl)cc(OC(F)(F)F)cc1Cl. The smallest absolute Gasteiger partial charge is 0.406 e. The first-order valence-electron chi connectivity index (χ1n) is 4.07. The van der Waals surface area contributed by atoms with E-state index in [9.17, 15) is 13.2 Å². The second-order valence-electron chi connectivity index (χ2n) is 2.77. The summed E-state index contributed by atoms with van der Waals surface area (Å²) in [6, 6.07) is 2.19. The Morgan fingerprint density at radius 1 is 1.20 bits per heavy atom. The molecule has 0 unspecified atom stereocenters. The Hall–Kier alpha value is -0.610. The third-order valence-electron chi connectivity index (χ3n) is 1.70. The summed E-state index contributed by atoms with van der Waals surface area (Å²) in [5.41, 5.74) is 0.604. The third kappa shape index (κ3) is 3.47. The average Bonchev–Trinajstić information content (AvgIpc) is 1.99. The summed E-state index contributed by atoms with van der Waals surface area (Å²) in [4.78, 5) is 0. The Morgan fingerprint density at radius 3 is 2.00 bits per heavy atom. The molecule has 0 bridgehead atoms. The molecule has 6 heteroatoms. The van der Waals surface area contributed by atoms with E-state index < -0.39 is 12.1 Å². The summed E-state index contributed by atoms with van der Waals surface area (Å²) in [5.74, 6) is -0.408. The fraction of sp³-hybridized carbons (Fsp3) is 0.333. The van der Waals surface area contributed by atoms with Crippen molar-refractivity contribution in [1.29, 1.82) is 0 Å². The Bertz CT molecular complexity index is 340. The van der Waals surface area contributed by atoms with Crippen molar-refractivity contribution < 1.29 is 17.9 Å². The molecule has 0 saturated heterocycles. The summed E-state index contributed by atoms with van der Waals surface area (Å²) >= 11 is 11.5. The van der Waals surface area contributed by atoms with Gasteiger partial charge in [0.15, 0.2) is 0 Å². The highest BCUT2D eigenvalue weighted by Crippen LogP contribution is 2.33. The molecule has 0 radical (unpaired) electrons. The van der Waals surface area contributed by atoms with Gasteiger partial charge in [0, 0.05) is 10.0 Å². The van der Waals surface area contributed by atoms with Gasteiger partial charge in [0.05, 0.1) is 0 Å². The van der Waals surface area contributed by atoms with E-state index in [1.54, 1.807) is 6.92 Å². The third-order valence-corrected chi connectivity index (χ3v) is 2.38. The molecule has 0 saturated carbocycles. The lowest BCUT2D eigenvalue weighted by molar-refractivity contribution is -0.274. The van der Waals surface area contributed by atoms with Gasteiger partial charge in [0.2, 0.25) is 0 Å². The molecule has 1 rings (SSSR count). The maximum absolute atomic E-state index is 11.9. The van der Waals surface area contributed by atoms with Crippen LogP contribution in [0.25, 0.3) is 0 Å². The molecule has 0 aliphatic carbocycles. The van der Waals surface area contributed by atoms with Crippen molar-refractivity contribution >= 4 is 23.2 Å². The van der Waals surface area contributed by atoms with Crippen LogP contribution in [0.5, 0.6) is 5.75 Å². The minimum atomic E-state index is -4.74. The normalized spacial score (nSPS) is 11.6. The predicted molar refractivity (Wildman–Crippen MR) is 52.5 cm³/mol. The van der Waals surface area contributed by atoms with Crippen LogP contribution in [0.3, 0.4) is 0 Å². The first kappa shape index (κ1) is 12.5. The van der Waals surface area contributed by atoms with Gasteiger partial charge in [0.25, 0.3) is 0 Å². The Labute approximate surface area is 94.7 Å². The molecule has 0 aromatic heterocycles. The molecule has 1 aromatic rings. The van der Waals surface area contributed by atoms with E-state index in [4.69, 9.17) is 23.2 Å². The molecule has 1 aromatic carbocycles. The Balaban J connectivity index is 3.04. The largest absolute Gasteiger partial charge is 0.573 e. The average molecular weight is 259 g/mol. The molecule has 0 fully saturated rings. The van der Waals surface area contributed by atoms with Crippen molar-refractivity contribution in [3.63, 3.8) is 0 Å². The van der Waals surface area contributed by atoms with Crippen molar-refractivity contribution in [2.45, 2.75) is 19.7 Å². The van der Waals surface area contributed by atoms with Gasteiger partial charge in [-0.15, -0.1) is 13.2 Å². The van der Waals surface area contributed by atoms with Gasteiger partial charge >= 0.3 is 6.36 Å².